The number of pyridine rings is 1. The Labute approximate surface area is 133 Å². The van der Waals surface area contributed by atoms with Crippen molar-refractivity contribution >= 4 is 34.0 Å². The zero-order chi connectivity index (χ0) is 15.5. The summed E-state index contributed by atoms with van der Waals surface area (Å²) in [6.45, 7) is 3.47. The van der Waals surface area contributed by atoms with Gasteiger partial charge in [-0.2, -0.15) is 0 Å². The monoisotopic (exact) mass is 308 g/mol. The van der Waals surface area contributed by atoms with E-state index in [1.807, 2.05) is 36.4 Å². The summed E-state index contributed by atoms with van der Waals surface area (Å²) < 4.78 is 0. The molecule has 3 rings (SSSR count). The van der Waals surface area contributed by atoms with E-state index in [-0.39, 0.29) is 5.91 Å². The molecule has 0 aliphatic carbocycles. The number of benzene rings is 2. The molecule has 0 aliphatic rings. The van der Waals surface area contributed by atoms with Gasteiger partial charge in [0.2, 0.25) is 5.91 Å². The summed E-state index contributed by atoms with van der Waals surface area (Å²) in [5.74, 6) is -0.291. The molecule has 1 N–H and O–H groups in total. The number of nitrogens with zero attached hydrogens (tertiary/aromatic N) is 1. The van der Waals surface area contributed by atoms with Crippen LogP contribution in [0.2, 0.25) is 5.02 Å². The van der Waals surface area contributed by atoms with Crippen molar-refractivity contribution in [2.45, 2.75) is 0 Å². The number of nitrogens with one attached hydrogen (secondary N) is 1. The molecule has 4 heteroatoms. The molecule has 0 unspecified atom stereocenters. The average molecular weight is 309 g/mol. The molecule has 3 aromatic rings. The first kappa shape index (κ1) is 14.3. The molecule has 0 bridgehead atoms. The van der Waals surface area contributed by atoms with Gasteiger partial charge < -0.3 is 5.32 Å². The molecule has 0 atom stereocenters. The number of carbonyl (C=O) groups is 1. The van der Waals surface area contributed by atoms with Gasteiger partial charge in [0.15, 0.2) is 0 Å². The normalized spacial score (nSPS) is 10.4. The molecular formula is C18H13ClN2O. The fraction of sp³-hybridized carbons (Fsp3) is 0. The van der Waals surface area contributed by atoms with Gasteiger partial charge in [-0.1, -0.05) is 42.4 Å². The number of amides is 1. The van der Waals surface area contributed by atoms with Crippen molar-refractivity contribution in [3.8, 4) is 11.1 Å². The highest BCUT2D eigenvalue weighted by Crippen LogP contribution is 2.34. The zero-order valence-electron chi connectivity index (χ0n) is 11.7. The van der Waals surface area contributed by atoms with Crippen molar-refractivity contribution in [1.82, 2.24) is 4.98 Å². The molecule has 1 aromatic heterocycles. The standard InChI is InChI=1S/C18H13ClN2O/c1-2-17(22)21-18-15-10-13(14-4-3-9-20-11-14)6-5-12(15)7-8-16(18)19/h2-11H,1H2,(H,21,22). The highest BCUT2D eigenvalue weighted by Gasteiger charge is 2.09. The topological polar surface area (TPSA) is 42.0 Å². The van der Waals surface area contributed by atoms with Gasteiger partial charge in [0.25, 0.3) is 0 Å². The number of hydrogen-bond acceptors (Lipinski definition) is 2. The van der Waals surface area contributed by atoms with Crippen molar-refractivity contribution in [2.75, 3.05) is 5.32 Å². The van der Waals surface area contributed by atoms with E-state index in [0.29, 0.717) is 10.7 Å². The molecule has 0 spiro atoms. The van der Waals surface area contributed by atoms with E-state index in [0.717, 1.165) is 21.9 Å². The van der Waals surface area contributed by atoms with Crippen LogP contribution in [-0.4, -0.2) is 10.9 Å². The van der Waals surface area contributed by atoms with Gasteiger partial charge in [-0.3, -0.25) is 9.78 Å². The smallest absolute Gasteiger partial charge is 0.247 e. The van der Waals surface area contributed by atoms with Crippen molar-refractivity contribution < 1.29 is 4.79 Å². The highest BCUT2D eigenvalue weighted by atomic mass is 35.5. The Kier molecular flexibility index (Phi) is 3.90. The largest absolute Gasteiger partial charge is 0.321 e. The fourth-order valence-corrected chi connectivity index (χ4v) is 2.52. The predicted molar refractivity (Wildman–Crippen MR) is 91.0 cm³/mol. The van der Waals surface area contributed by atoms with Gasteiger partial charge in [0.1, 0.15) is 0 Å². The lowest BCUT2D eigenvalue weighted by atomic mass is 10.0. The summed E-state index contributed by atoms with van der Waals surface area (Å²) in [6.07, 6.45) is 4.75. The minimum atomic E-state index is -0.291. The third-order valence-electron chi connectivity index (χ3n) is 3.40. The molecule has 108 valence electrons. The molecule has 0 saturated carbocycles. The Bertz CT molecular complexity index is 860. The first-order valence-electron chi connectivity index (χ1n) is 6.75. The van der Waals surface area contributed by atoms with E-state index in [9.17, 15) is 4.79 Å². The van der Waals surface area contributed by atoms with Crippen LogP contribution < -0.4 is 5.32 Å². The molecule has 1 amide bonds. The summed E-state index contributed by atoms with van der Waals surface area (Å²) in [5.41, 5.74) is 2.61. The molecule has 0 radical (unpaired) electrons. The second-order valence-electron chi connectivity index (χ2n) is 4.79. The van der Waals surface area contributed by atoms with Crippen molar-refractivity contribution in [3.63, 3.8) is 0 Å². The summed E-state index contributed by atoms with van der Waals surface area (Å²) in [5, 5.41) is 5.14. The Morgan fingerprint density at radius 1 is 1.18 bits per heavy atom. The van der Waals surface area contributed by atoms with E-state index in [1.165, 1.54) is 6.08 Å². The minimum absolute atomic E-state index is 0.291. The van der Waals surface area contributed by atoms with E-state index >= 15 is 0 Å². The molecular weight excluding hydrogens is 296 g/mol. The summed E-state index contributed by atoms with van der Waals surface area (Å²) in [4.78, 5) is 15.8. The van der Waals surface area contributed by atoms with Crippen LogP contribution in [0.1, 0.15) is 0 Å². The quantitative estimate of drug-likeness (QED) is 0.714. The Morgan fingerprint density at radius 3 is 2.73 bits per heavy atom. The van der Waals surface area contributed by atoms with Gasteiger partial charge >= 0.3 is 0 Å². The summed E-state index contributed by atoms with van der Waals surface area (Å²) in [7, 11) is 0. The van der Waals surface area contributed by atoms with Crippen LogP contribution in [0, 0.1) is 0 Å². The Balaban J connectivity index is 2.19. The lowest BCUT2D eigenvalue weighted by molar-refractivity contribution is -0.111. The van der Waals surface area contributed by atoms with Crippen LogP contribution in [0.4, 0.5) is 5.69 Å². The predicted octanol–water partition coefficient (Wildman–Crippen LogP) is 4.68. The molecule has 0 saturated heterocycles. The van der Waals surface area contributed by atoms with E-state index in [2.05, 4.69) is 16.9 Å². The maximum atomic E-state index is 11.6. The van der Waals surface area contributed by atoms with Crippen LogP contribution in [-0.2, 0) is 4.79 Å². The maximum absolute atomic E-state index is 11.6. The fourth-order valence-electron chi connectivity index (χ4n) is 2.31. The van der Waals surface area contributed by atoms with E-state index in [4.69, 9.17) is 11.6 Å². The van der Waals surface area contributed by atoms with Gasteiger partial charge in [-0.25, -0.2) is 0 Å². The van der Waals surface area contributed by atoms with Crippen LogP contribution in [0.15, 0.2) is 67.5 Å². The highest BCUT2D eigenvalue weighted by molar-refractivity contribution is 6.35. The minimum Gasteiger partial charge on any atom is -0.321 e. The summed E-state index contributed by atoms with van der Waals surface area (Å²) in [6, 6.07) is 13.6. The van der Waals surface area contributed by atoms with E-state index in [1.54, 1.807) is 18.5 Å². The van der Waals surface area contributed by atoms with Crippen LogP contribution in [0.5, 0.6) is 0 Å². The van der Waals surface area contributed by atoms with Crippen LogP contribution >= 0.6 is 11.6 Å². The second-order valence-corrected chi connectivity index (χ2v) is 5.20. The molecule has 1 heterocycles. The second kappa shape index (κ2) is 6.00. The van der Waals surface area contributed by atoms with Gasteiger partial charge in [-0.05, 0) is 35.2 Å². The Morgan fingerprint density at radius 2 is 2.00 bits per heavy atom. The maximum Gasteiger partial charge on any atom is 0.247 e. The molecule has 22 heavy (non-hydrogen) atoms. The van der Waals surface area contributed by atoms with E-state index < -0.39 is 0 Å². The average Bonchev–Trinajstić information content (AvgIpc) is 2.57. The van der Waals surface area contributed by atoms with Crippen molar-refractivity contribution in [2.24, 2.45) is 0 Å². The third-order valence-corrected chi connectivity index (χ3v) is 3.71. The number of halogens is 1. The van der Waals surface area contributed by atoms with Crippen LogP contribution in [0.3, 0.4) is 0 Å². The number of carbonyl (C=O) groups excluding carboxylic acids is 1. The lowest BCUT2D eigenvalue weighted by Crippen LogP contribution is -2.08. The molecule has 3 nitrogen and oxygen atoms in total. The van der Waals surface area contributed by atoms with Gasteiger partial charge in [0.05, 0.1) is 10.7 Å². The van der Waals surface area contributed by atoms with Crippen molar-refractivity contribution in [1.29, 1.82) is 0 Å². The number of hydrogen-bond donors (Lipinski definition) is 1. The molecule has 0 aliphatic heterocycles. The molecule has 0 fully saturated rings. The number of rotatable bonds is 3. The number of aromatic nitrogens is 1. The number of anilines is 1. The SMILES string of the molecule is C=CC(=O)Nc1c(Cl)ccc2ccc(-c3cccnc3)cc12. The van der Waals surface area contributed by atoms with Crippen molar-refractivity contribution in [3.05, 3.63) is 72.5 Å². The third kappa shape index (κ3) is 2.71. The Hall–Kier alpha value is -2.65. The van der Waals surface area contributed by atoms with Crippen LogP contribution in [0.25, 0.3) is 21.9 Å². The first-order valence-corrected chi connectivity index (χ1v) is 7.13. The molecule has 2 aromatic carbocycles. The van der Waals surface area contributed by atoms with Gasteiger partial charge in [-0.15, -0.1) is 0 Å². The summed E-state index contributed by atoms with van der Waals surface area (Å²) >= 11 is 6.24. The first-order chi connectivity index (χ1) is 10.7. The number of fused-ring (bicyclic) bond motifs is 1. The lowest BCUT2D eigenvalue weighted by Gasteiger charge is -2.11. The van der Waals surface area contributed by atoms with Gasteiger partial charge in [0, 0.05) is 23.3 Å². The zero-order valence-corrected chi connectivity index (χ0v) is 12.5.